The molecule has 2 aromatic rings. The van der Waals surface area contributed by atoms with Gasteiger partial charge in [0.15, 0.2) is 0 Å². The molecule has 0 unspecified atom stereocenters. The second-order valence-corrected chi connectivity index (χ2v) is 20.0. The summed E-state index contributed by atoms with van der Waals surface area (Å²) in [5.74, 6) is -4.06. The molecule has 1 saturated heterocycles. The normalized spacial score (nSPS) is 30.3. The van der Waals surface area contributed by atoms with Gasteiger partial charge in [-0.1, -0.05) is 44.2 Å². The van der Waals surface area contributed by atoms with E-state index in [0.29, 0.717) is 57.4 Å². The highest BCUT2D eigenvalue weighted by atomic mass is 32.2. The van der Waals surface area contributed by atoms with Crippen LogP contribution in [0.2, 0.25) is 0 Å². The fourth-order valence-corrected chi connectivity index (χ4v) is 10.2. The third-order valence-electron chi connectivity index (χ3n) is 13.0. The number of nitrogens with zero attached hydrogens (tertiary/aromatic N) is 3. The van der Waals surface area contributed by atoms with Crippen LogP contribution in [0.15, 0.2) is 36.4 Å². The molecule has 14 nitrogen and oxygen atoms in total. The van der Waals surface area contributed by atoms with Gasteiger partial charge < -0.3 is 24.8 Å². The number of allylic oxidation sites excluding steroid dienone is 1. The lowest BCUT2D eigenvalue weighted by Gasteiger charge is -2.45. The first-order valence-electron chi connectivity index (χ1n) is 20.3. The van der Waals surface area contributed by atoms with E-state index in [2.05, 4.69) is 15.0 Å². The van der Waals surface area contributed by atoms with Gasteiger partial charge in [0.1, 0.15) is 29.3 Å². The van der Waals surface area contributed by atoms with Crippen molar-refractivity contribution in [2.24, 2.45) is 17.8 Å². The summed E-state index contributed by atoms with van der Waals surface area (Å²) >= 11 is 0. The summed E-state index contributed by atoms with van der Waals surface area (Å²) < 4.78 is 84.1. The van der Waals surface area contributed by atoms with Crippen molar-refractivity contribution >= 4 is 44.6 Å². The second-order valence-electron chi connectivity index (χ2n) is 17.8. The largest absolute Gasteiger partial charge is 0.477 e. The zero-order valence-corrected chi connectivity index (χ0v) is 34.6. The zero-order chi connectivity index (χ0) is 42.9. The van der Waals surface area contributed by atoms with E-state index in [-0.39, 0.29) is 42.5 Å². The summed E-state index contributed by atoms with van der Waals surface area (Å²) in [6.07, 6.45) is -1.27. The van der Waals surface area contributed by atoms with Crippen LogP contribution in [0.25, 0.3) is 10.8 Å². The smallest absolute Gasteiger partial charge is 0.411 e. The number of carboxylic acid groups (broad SMARTS) is 1. The van der Waals surface area contributed by atoms with Crippen molar-refractivity contribution < 1.29 is 55.3 Å². The van der Waals surface area contributed by atoms with Gasteiger partial charge in [-0.25, -0.2) is 13.2 Å². The highest BCUT2D eigenvalue weighted by Gasteiger charge is 2.64. The topological polar surface area (TPSA) is 185 Å². The van der Waals surface area contributed by atoms with Gasteiger partial charge in [0.2, 0.25) is 33.6 Å². The van der Waals surface area contributed by atoms with Crippen LogP contribution >= 0.6 is 0 Å². The maximum atomic E-state index is 15.1. The number of ether oxygens (including phenoxy) is 2. The molecular formula is C41H52F3N5O9S. The van der Waals surface area contributed by atoms with Gasteiger partial charge in [0.05, 0.1) is 17.9 Å². The molecule has 1 aromatic heterocycles. The molecule has 7 rings (SSSR count). The Balaban J connectivity index is 1.30. The Kier molecular flexibility index (Phi) is 10.9. The molecule has 0 radical (unpaired) electrons. The highest BCUT2D eigenvalue weighted by molar-refractivity contribution is 7.91. The molecule has 0 spiro atoms. The van der Waals surface area contributed by atoms with E-state index < -0.39 is 85.9 Å². The summed E-state index contributed by atoms with van der Waals surface area (Å²) in [6, 6.07) is 4.00. The second kappa shape index (κ2) is 15.1. The average molecular weight is 848 g/mol. The molecule has 4 amide bonds. The quantitative estimate of drug-likeness (QED) is 0.302. The molecule has 3 N–H and O–H groups in total. The van der Waals surface area contributed by atoms with Gasteiger partial charge >= 0.3 is 12.3 Å². The molecule has 59 heavy (non-hydrogen) atoms. The summed E-state index contributed by atoms with van der Waals surface area (Å²) in [7, 11) is -4.12. The number of halogens is 3. The number of hydrogen-bond donors (Lipinski definition) is 3. The maximum absolute atomic E-state index is 15.1. The fraction of sp³-hybridized carbons (Fsp3) is 0.634. The van der Waals surface area contributed by atoms with Crippen molar-refractivity contribution in [3.63, 3.8) is 0 Å². The Labute approximate surface area is 341 Å². The number of benzene rings is 1. The van der Waals surface area contributed by atoms with Crippen molar-refractivity contribution in [3.05, 3.63) is 42.0 Å². The number of aryl methyl sites for hydroxylation is 1. The van der Waals surface area contributed by atoms with E-state index >= 15 is 4.79 Å². The van der Waals surface area contributed by atoms with Crippen LogP contribution in [0.5, 0.6) is 11.8 Å². The van der Waals surface area contributed by atoms with Crippen LogP contribution < -0.4 is 19.5 Å². The van der Waals surface area contributed by atoms with Crippen LogP contribution in [-0.2, 0) is 30.8 Å². The molecule has 2 saturated carbocycles. The van der Waals surface area contributed by atoms with Crippen LogP contribution in [0.1, 0.15) is 91.5 Å². The first-order valence-corrected chi connectivity index (χ1v) is 21.7. The molecule has 3 fully saturated rings. The van der Waals surface area contributed by atoms with Gasteiger partial charge in [0, 0.05) is 23.3 Å². The summed E-state index contributed by atoms with van der Waals surface area (Å²) in [5.41, 5.74) is -3.85. The van der Waals surface area contributed by atoms with Crippen molar-refractivity contribution in [3.8, 4) is 11.8 Å². The third-order valence-corrected chi connectivity index (χ3v) is 15.2. The van der Waals surface area contributed by atoms with Crippen LogP contribution in [-0.4, -0.2) is 105 Å². The lowest BCUT2D eigenvalue weighted by atomic mass is 9.85. The standard InChI is InChI=1S/C41H52F3N5O9S/c1-23-11-6-7-12-25-21-40(25,36(52)47-59(55,56)39(5)16-17-39)46-32(50)30-20-26(58-34-29-14-9-8-13-27(29)28-15-10-18-57-33(28)45-34)22-48(30)35(51)31(24(2)19-23)49(37(53)54)38(3,4)41(42,43)44/h7-9,12-14,23-26,30-31H,6,10-11,15-22H2,1-5H3,(H,46,50)(H,47,52)(H,53,54)/b12-7-/t23-,24+,25+,26+,30-,31-,40+/m0/s1. The van der Waals surface area contributed by atoms with Gasteiger partial charge in [-0.05, 0) is 95.4 Å². The number of rotatable bonds is 7. The molecule has 0 bridgehead atoms. The molecule has 1 aromatic carbocycles. The predicted octanol–water partition coefficient (Wildman–Crippen LogP) is 5.48. The summed E-state index contributed by atoms with van der Waals surface area (Å²) in [5, 5.41) is 14.7. The average Bonchev–Trinajstić information content (AvgIpc) is 4.04. The maximum Gasteiger partial charge on any atom is 0.411 e. The first kappa shape index (κ1) is 42.5. The number of alkyl halides is 3. The van der Waals surface area contributed by atoms with E-state index in [0.717, 1.165) is 28.7 Å². The van der Waals surface area contributed by atoms with E-state index in [4.69, 9.17) is 9.47 Å². The molecule has 322 valence electrons. The lowest BCUT2D eigenvalue weighted by molar-refractivity contribution is -0.222. The lowest BCUT2D eigenvalue weighted by Crippen LogP contribution is -2.66. The van der Waals surface area contributed by atoms with Crippen molar-refractivity contribution in [2.45, 2.75) is 133 Å². The van der Waals surface area contributed by atoms with Gasteiger partial charge in [-0.3, -0.25) is 24.0 Å². The van der Waals surface area contributed by atoms with E-state index in [1.807, 2.05) is 25.1 Å². The summed E-state index contributed by atoms with van der Waals surface area (Å²) in [6.45, 7) is 6.40. The van der Waals surface area contributed by atoms with Crippen LogP contribution in [0.4, 0.5) is 18.0 Å². The van der Waals surface area contributed by atoms with Crippen molar-refractivity contribution in [1.29, 1.82) is 0 Å². The first-order chi connectivity index (χ1) is 27.6. The monoisotopic (exact) mass is 847 g/mol. The minimum atomic E-state index is -5.09. The number of aromatic nitrogens is 1. The summed E-state index contributed by atoms with van der Waals surface area (Å²) in [4.78, 5) is 62.5. The molecule has 5 aliphatic rings. The number of pyridine rings is 1. The number of nitrogens with one attached hydrogen (secondary N) is 2. The van der Waals surface area contributed by atoms with Gasteiger partial charge in [-0.15, -0.1) is 0 Å². The van der Waals surface area contributed by atoms with Crippen molar-refractivity contribution in [2.75, 3.05) is 13.2 Å². The Morgan fingerprint density at radius 3 is 2.47 bits per heavy atom. The minimum Gasteiger partial charge on any atom is -0.477 e. The fourth-order valence-electron chi connectivity index (χ4n) is 8.88. The zero-order valence-electron chi connectivity index (χ0n) is 33.8. The Morgan fingerprint density at radius 1 is 1.12 bits per heavy atom. The third kappa shape index (κ3) is 7.81. The molecule has 2 aliphatic carbocycles. The Hall–Kier alpha value is -4.61. The molecule has 7 atom stereocenters. The van der Waals surface area contributed by atoms with Gasteiger partial charge in [-0.2, -0.15) is 18.2 Å². The molecular weight excluding hydrogens is 796 g/mol. The van der Waals surface area contributed by atoms with Crippen molar-refractivity contribution in [1.82, 2.24) is 24.8 Å². The number of sulfonamides is 1. The number of carbonyl (C=O) groups is 4. The Bertz CT molecular complexity index is 2180. The number of carbonyl (C=O) groups excluding carboxylic acids is 3. The number of amides is 4. The predicted molar refractivity (Wildman–Crippen MR) is 209 cm³/mol. The molecule has 4 heterocycles. The number of fused-ring (bicyclic) bond motifs is 5. The molecule has 3 aliphatic heterocycles. The van der Waals surface area contributed by atoms with E-state index in [1.54, 1.807) is 18.2 Å². The van der Waals surface area contributed by atoms with E-state index in [9.17, 15) is 41.1 Å². The van der Waals surface area contributed by atoms with E-state index in [1.165, 1.54) is 13.8 Å². The minimum absolute atomic E-state index is 0.0563. The highest BCUT2D eigenvalue weighted by Crippen LogP contribution is 2.48. The SMILES string of the molecule is C[C@H]1CC/C=C\[C@@H]2C[C@@]2(C(=O)NS(=O)(=O)C2(C)CC2)NC(=O)[C@@H]2C[C@@H](Oc3nc4c(c5ccccc35)CCCO4)CN2C(=O)[C@@H](N(C(=O)O)C(C)(C)C(F)(F)F)[C@H](C)C1. The number of hydrogen-bond acceptors (Lipinski definition) is 9. The molecule has 18 heteroatoms. The van der Waals surface area contributed by atoms with Crippen LogP contribution in [0, 0.1) is 17.8 Å². The van der Waals surface area contributed by atoms with Crippen LogP contribution in [0.3, 0.4) is 0 Å². The van der Waals surface area contributed by atoms with Gasteiger partial charge in [0.25, 0.3) is 5.91 Å². The Morgan fingerprint density at radius 2 is 1.81 bits per heavy atom.